The van der Waals surface area contributed by atoms with Crippen LogP contribution in [0.5, 0.6) is 0 Å². The SMILES string of the molecule is O=[N+]([O-])c1cccc(SO)c1. The third kappa shape index (κ3) is 1.92. The fraction of sp³-hybridized carbons (Fsp3) is 0. The van der Waals surface area contributed by atoms with Crippen molar-refractivity contribution in [2.24, 2.45) is 0 Å². The van der Waals surface area contributed by atoms with Crippen LogP contribution in [0.15, 0.2) is 29.2 Å². The first-order chi connectivity index (χ1) is 5.24. The highest BCUT2D eigenvalue weighted by atomic mass is 32.2. The van der Waals surface area contributed by atoms with Crippen molar-refractivity contribution in [3.05, 3.63) is 34.4 Å². The summed E-state index contributed by atoms with van der Waals surface area (Å²) in [6, 6.07) is 5.80. The third-order valence-electron chi connectivity index (χ3n) is 1.13. The van der Waals surface area contributed by atoms with Gasteiger partial charge in [-0.05, 0) is 6.07 Å². The fourth-order valence-corrected chi connectivity index (χ4v) is 0.967. The largest absolute Gasteiger partial charge is 0.325 e. The zero-order chi connectivity index (χ0) is 8.27. The molecule has 0 saturated carbocycles. The lowest BCUT2D eigenvalue weighted by atomic mass is 10.3. The smallest absolute Gasteiger partial charge is 0.270 e. The summed E-state index contributed by atoms with van der Waals surface area (Å²) in [6.45, 7) is 0. The number of hydrogen-bond donors (Lipinski definition) is 1. The van der Waals surface area contributed by atoms with Crippen molar-refractivity contribution in [2.75, 3.05) is 0 Å². The zero-order valence-corrected chi connectivity index (χ0v) is 6.25. The summed E-state index contributed by atoms with van der Waals surface area (Å²) in [7, 11) is 0. The van der Waals surface area contributed by atoms with Gasteiger partial charge in [0.1, 0.15) is 0 Å². The summed E-state index contributed by atoms with van der Waals surface area (Å²) in [4.78, 5) is 10.2. The van der Waals surface area contributed by atoms with Crippen molar-refractivity contribution in [1.82, 2.24) is 0 Å². The van der Waals surface area contributed by atoms with Gasteiger partial charge in [0.05, 0.1) is 4.92 Å². The first-order valence-electron chi connectivity index (χ1n) is 2.80. The highest BCUT2D eigenvalue weighted by Gasteiger charge is 2.04. The Hall–Kier alpha value is -1.07. The molecule has 1 rings (SSSR count). The lowest BCUT2D eigenvalue weighted by Crippen LogP contribution is -1.86. The first-order valence-corrected chi connectivity index (χ1v) is 3.57. The van der Waals surface area contributed by atoms with Gasteiger partial charge in [-0.2, -0.15) is 0 Å². The number of nitro groups is 1. The molecule has 0 unspecified atom stereocenters. The Morgan fingerprint density at radius 2 is 2.27 bits per heavy atom. The van der Waals surface area contributed by atoms with E-state index in [0.29, 0.717) is 16.9 Å². The monoisotopic (exact) mass is 171 g/mol. The summed E-state index contributed by atoms with van der Waals surface area (Å²) in [5.74, 6) is 0. The molecule has 0 heterocycles. The van der Waals surface area contributed by atoms with Crippen LogP contribution >= 0.6 is 12.0 Å². The molecule has 0 aliphatic carbocycles. The molecule has 0 aliphatic rings. The van der Waals surface area contributed by atoms with E-state index in [4.69, 9.17) is 4.55 Å². The number of nitrogens with zero attached hydrogens (tertiary/aromatic N) is 1. The van der Waals surface area contributed by atoms with Crippen LogP contribution in [-0.2, 0) is 0 Å². The van der Waals surface area contributed by atoms with Crippen molar-refractivity contribution < 1.29 is 9.48 Å². The molecular formula is C6H5NO3S. The van der Waals surface area contributed by atoms with E-state index in [1.54, 1.807) is 6.07 Å². The lowest BCUT2D eigenvalue weighted by molar-refractivity contribution is -0.385. The Labute approximate surface area is 67.2 Å². The number of non-ortho nitro benzene ring substituents is 1. The van der Waals surface area contributed by atoms with E-state index in [1.807, 2.05) is 0 Å². The minimum atomic E-state index is -0.500. The molecule has 0 radical (unpaired) electrons. The van der Waals surface area contributed by atoms with E-state index in [9.17, 15) is 10.1 Å². The Morgan fingerprint density at radius 3 is 2.82 bits per heavy atom. The van der Waals surface area contributed by atoms with Crippen LogP contribution in [-0.4, -0.2) is 9.48 Å². The molecule has 5 heteroatoms. The van der Waals surface area contributed by atoms with Crippen LogP contribution in [0.25, 0.3) is 0 Å². The van der Waals surface area contributed by atoms with Crippen LogP contribution in [0.4, 0.5) is 5.69 Å². The summed E-state index contributed by atoms with van der Waals surface area (Å²) >= 11 is 0.496. The number of benzene rings is 1. The molecule has 4 nitrogen and oxygen atoms in total. The minimum Gasteiger partial charge on any atom is -0.325 e. The topological polar surface area (TPSA) is 63.4 Å². The second-order valence-electron chi connectivity index (χ2n) is 1.85. The lowest BCUT2D eigenvalue weighted by Gasteiger charge is -1.92. The quantitative estimate of drug-likeness (QED) is 0.420. The van der Waals surface area contributed by atoms with Crippen LogP contribution in [0.3, 0.4) is 0 Å². The van der Waals surface area contributed by atoms with Crippen molar-refractivity contribution >= 4 is 17.7 Å². The second-order valence-corrected chi connectivity index (χ2v) is 2.50. The molecule has 1 N–H and O–H groups in total. The van der Waals surface area contributed by atoms with Crippen molar-refractivity contribution in [2.45, 2.75) is 4.90 Å². The maximum Gasteiger partial charge on any atom is 0.270 e. The first kappa shape index (κ1) is 8.03. The van der Waals surface area contributed by atoms with E-state index >= 15 is 0 Å². The molecule has 0 spiro atoms. The van der Waals surface area contributed by atoms with Gasteiger partial charge in [0.25, 0.3) is 5.69 Å². The van der Waals surface area contributed by atoms with E-state index in [-0.39, 0.29) is 5.69 Å². The van der Waals surface area contributed by atoms with Gasteiger partial charge < -0.3 is 4.55 Å². The Kier molecular flexibility index (Phi) is 2.45. The van der Waals surface area contributed by atoms with Gasteiger partial charge in [0, 0.05) is 29.1 Å². The van der Waals surface area contributed by atoms with Gasteiger partial charge in [0.15, 0.2) is 0 Å². The van der Waals surface area contributed by atoms with E-state index in [0.717, 1.165) is 0 Å². The average Bonchev–Trinajstić information content (AvgIpc) is 2.05. The Morgan fingerprint density at radius 1 is 1.55 bits per heavy atom. The van der Waals surface area contributed by atoms with Crippen LogP contribution < -0.4 is 0 Å². The molecule has 0 atom stereocenters. The second kappa shape index (κ2) is 3.36. The zero-order valence-electron chi connectivity index (χ0n) is 5.43. The molecule has 0 fully saturated rings. The third-order valence-corrected chi connectivity index (χ3v) is 1.60. The predicted octanol–water partition coefficient (Wildman–Crippen LogP) is 2.16. The standard InChI is InChI=1S/C6H5NO3S/c8-7(9)5-2-1-3-6(4-5)11-10/h1-4,10H. The van der Waals surface area contributed by atoms with Gasteiger partial charge in [-0.25, -0.2) is 0 Å². The summed E-state index contributed by atoms with van der Waals surface area (Å²) in [5.41, 5.74) is -0.0101. The highest BCUT2D eigenvalue weighted by molar-refractivity contribution is 7.93. The van der Waals surface area contributed by atoms with Crippen molar-refractivity contribution in [1.29, 1.82) is 0 Å². The number of hydrogen-bond acceptors (Lipinski definition) is 4. The predicted molar refractivity (Wildman–Crippen MR) is 41.6 cm³/mol. The van der Waals surface area contributed by atoms with Gasteiger partial charge in [-0.3, -0.25) is 10.1 Å². The molecule has 0 aliphatic heterocycles. The van der Waals surface area contributed by atoms with Gasteiger partial charge in [-0.1, -0.05) is 6.07 Å². The molecule has 0 amide bonds. The number of rotatable bonds is 2. The van der Waals surface area contributed by atoms with Crippen LogP contribution in [0.1, 0.15) is 0 Å². The highest BCUT2D eigenvalue weighted by Crippen LogP contribution is 2.19. The molecule has 11 heavy (non-hydrogen) atoms. The summed E-state index contributed by atoms with van der Waals surface area (Å²) in [5, 5.41) is 10.2. The van der Waals surface area contributed by atoms with E-state index in [2.05, 4.69) is 0 Å². The summed E-state index contributed by atoms with van der Waals surface area (Å²) < 4.78 is 8.54. The molecule has 0 bridgehead atoms. The minimum absolute atomic E-state index is 0.0101. The molecule has 58 valence electrons. The molecule has 1 aromatic rings. The van der Waals surface area contributed by atoms with E-state index in [1.165, 1.54) is 18.2 Å². The molecule has 0 saturated heterocycles. The van der Waals surface area contributed by atoms with Gasteiger partial charge in [-0.15, -0.1) is 0 Å². The maximum atomic E-state index is 10.2. The summed E-state index contributed by atoms with van der Waals surface area (Å²) in [6.07, 6.45) is 0. The Bertz CT molecular complexity index is 276. The molecular weight excluding hydrogens is 166 g/mol. The van der Waals surface area contributed by atoms with E-state index < -0.39 is 4.92 Å². The van der Waals surface area contributed by atoms with Gasteiger partial charge >= 0.3 is 0 Å². The number of nitro benzene ring substituents is 1. The van der Waals surface area contributed by atoms with Crippen LogP contribution in [0.2, 0.25) is 0 Å². The van der Waals surface area contributed by atoms with Gasteiger partial charge in [0.2, 0.25) is 0 Å². The normalized spacial score (nSPS) is 9.55. The fourth-order valence-electron chi connectivity index (χ4n) is 0.654. The van der Waals surface area contributed by atoms with Crippen molar-refractivity contribution in [3.63, 3.8) is 0 Å². The maximum absolute atomic E-state index is 10.2. The average molecular weight is 171 g/mol. The Balaban J connectivity index is 3.01. The van der Waals surface area contributed by atoms with Crippen molar-refractivity contribution in [3.8, 4) is 0 Å². The molecule has 0 aromatic heterocycles. The molecule has 1 aromatic carbocycles. The van der Waals surface area contributed by atoms with Crippen LogP contribution in [0, 0.1) is 10.1 Å².